The lowest BCUT2D eigenvalue weighted by molar-refractivity contribution is 0.437. The van der Waals surface area contributed by atoms with Gasteiger partial charge < -0.3 is 5.32 Å². The van der Waals surface area contributed by atoms with Crippen LogP contribution >= 0.6 is 0 Å². The third kappa shape index (κ3) is 3.86. The van der Waals surface area contributed by atoms with E-state index in [0.717, 1.165) is 34.1 Å². The Morgan fingerprint density at radius 3 is 2.29 bits per heavy atom. The van der Waals surface area contributed by atoms with Crippen LogP contribution in [0.15, 0.2) is 77.6 Å². The van der Waals surface area contributed by atoms with Crippen molar-refractivity contribution in [1.82, 2.24) is 9.55 Å². The number of aromatic nitrogens is 2. The van der Waals surface area contributed by atoms with Gasteiger partial charge in [-0.25, -0.2) is 4.98 Å². The van der Waals surface area contributed by atoms with E-state index in [1.54, 1.807) is 6.07 Å². The normalized spacial score (nSPS) is 14.6. The number of benzene rings is 2. The van der Waals surface area contributed by atoms with Crippen molar-refractivity contribution < 1.29 is 0 Å². The highest BCUT2D eigenvalue weighted by molar-refractivity contribution is 5.84. The Hall–Kier alpha value is -3.40. The predicted octanol–water partition coefficient (Wildman–Crippen LogP) is 6.49. The number of nitrogens with zero attached hydrogens (tertiary/aromatic N) is 2. The molecule has 2 aromatic heterocycles. The molecule has 1 fully saturated rings. The van der Waals surface area contributed by atoms with E-state index in [0.29, 0.717) is 11.3 Å². The van der Waals surface area contributed by atoms with E-state index in [4.69, 9.17) is 4.98 Å². The summed E-state index contributed by atoms with van der Waals surface area (Å²) < 4.78 is 2.09. The van der Waals surface area contributed by atoms with Crippen molar-refractivity contribution in [2.24, 2.45) is 0 Å². The number of hydrogen-bond donors (Lipinski definition) is 1. The number of para-hydroxylation sites is 2. The van der Waals surface area contributed by atoms with Crippen LogP contribution in [0.1, 0.15) is 49.3 Å². The van der Waals surface area contributed by atoms with Crippen LogP contribution in [0.2, 0.25) is 0 Å². The van der Waals surface area contributed by atoms with E-state index in [2.05, 4.69) is 28.1 Å². The van der Waals surface area contributed by atoms with Crippen LogP contribution in [0.3, 0.4) is 0 Å². The van der Waals surface area contributed by atoms with Crippen LogP contribution in [0.4, 0.5) is 11.5 Å². The summed E-state index contributed by atoms with van der Waals surface area (Å²) in [6, 6.07) is 23.9. The van der Waals surface area contributed by atoms with Gasteiger partial charge >= 0.3 is 0 Å². The largest absolute Gasteiger partial charge is 0.341 e. The molecule has 0 aliphatic heterocycles. The molecule has 5 rings (SSSR count). The summed E-state index contributed by atoms with van der Waals surface area (Å²) in [6.45, 7) is 2.04. The summed E-state index contributed by atoms with van der Waals surface area (Å²) in [5.41, 5.74) is 4.78. The quantitative estimate of drug-likeness (QED) is 0.419. The van der Waals surface area contributed by atoms with Gasteiger partial charge in [-0.15, -0.1) is 0 Å². The third-order valence-electron chi connectivity index (χ3n) is 6.27. The van der Waals surface area contributed by atoms with Crippen molar-refractivity contribution in [2.75, 3.05) is 5.32 Å². The van der Waals surface area contributed by atoms with Gasteiger partial charge in [-0.2, -0.15) is 0 Å². The molecule has 0 bridgehead atoms. The molecule has 2 aromatic carbocycles. The van der Waals surface area contributed by atoms with Gasteiger partial charge in [0.25, 0.3) is 0 Å². The highest BCUT2D eigenvalue weighted by Gasteiger charge is 2.21. The lowest BCUT2D eigenvalue weighted by Crippen LogP contribution is -2.16. The number of aryl methyl sites for hydroxylation is 1. The monoisotopic (exact) mass is 409 g/mol. The molecule has 4 aromatic rings. The minimum Gasteiger partial charge on any atom is -0.341 e. The lowest BCUT2D eigenvalue weighted by atomic mass is 9.86. The molecule has 1 N–H and O–H groups in total. The molecule has 0 spiro atoms. The molecule has 31 heavy (non-hydrogen) atoms. The Morgan fingerprint density at radius 2 is 1.58 bits per heavy atom. The molecular weight excluding hydrogens is 382 g/mol. The molecule has 0 saturated heterocycles. The van der Waals surface area contributed by atoms with E-state index in [1.807, 2.05) is 55.5 Å². The first-order chi connectivity index (χ1) is 15.2. The summed E-state index contributed by atoms with van der Waals surface area (Å²) in [4.78, 5) is 18.3. The molecule has 0 unspecified atom stereocenters. The Morgan fingerprint density at radius 1 is 0.903 bits per heavy atom. The van der Waals surface area contributed by atoms with Gasteiger partial charge in [-0.1, -0.05) is 55.7 Å². The van der Waals surface area contributed by atoms with Crippen molar-refractivity contribution >= 4 is 22.5 Å². The first kappa shape index (κ1) is 19.6. The SMILES string of the molecule is Cc1cc(C2CCCCC2)nc2c1c(=O)cc(Nc1ccccc1)n2-c1ccccc1. The minimum atomic E-state index is 0.000747. The van der Waals surface area contributed by atoms with E-state index in [-0.39, 0.29) is 5.43 Å². The summed E-state index contributed by atoms with van der Waals surface area (Å²) in [7, 11) is 0. The van der Waals surface area contributed by atoms with Crippen LogP contribution < -0.4 is 10.7 Å². The fourth-order valence-electron chi connectivity index (χ4n) is 4.73. The van der Waals surface area contributed by atoms with Crippen LogP contribution in [-0.2, 0) is 0 Å². The molecule has 0 atom stereocenters. The zero-order valence-corrected chi connectivity index (χ0v) is 17.8. The highest BCUT2D eigenvalue weighted by Crippen LogP contribution is 2.34. The first-order valence-electron chi connectivity index (χ1n) is 11.2. The van der Waals surface area contributed by atoms with Crippen molar-refractivity contribution in [3.05, 3.63) is 94.3 Å². The average molecular weight is 410 g/mol. The maximum absolute atomic E-state index is 13.2. The predicted molar refractivity (Wildman–Crippen MR) is 128 cm³/mol. The lowest BCUT2D eigenvalue weighted by Gasteiger charge is -2.23. The molecule has 0 amide bonds. The molecule has 0 radical (unpaired) electrons. The van der Waals surface area contributed by atoms with Crippen molar-refractivity contribution in [1.29, 1.82) is 0 Å². The number of nitrogens with one attached hydrogen (secondary N) is 1. The Labute approximate surface area is 182 Å². The second-order valence-corrected chi connectivity index (χ2v) is 8.45. The standard InChI is InChI=1S/C27H27N3O/c1-19-17-23(20-11-5-2-6-12-20)29-27-26(19)24(31)18-25(28-21-13-7-3-8-14-21)30(27)22-15-9-4-10-16-22/h3-4,7-10,13-18,20,28H,2,5-6,11-12H2,1H3. The highest BCUT2D eigenvalue weighted by atomic mass is 16.1. The van der Waals surface area contributed by atoms with Gasteiger partial charge in [0.1, 0.15) is 5.82 Å². The van der Waals surface area contributed by atoms with Crippen LogP contribution in [-0.4, -0.2) is 9.55 Å². The van der Waals surface area contributed by atoms with Gasteiger partial charge in [0.2, 0.25) is 0 Å². The molecule has 4 heteroatoms. The fourth-order valence-corrected chi connectivity index (χ4v) is 4.73. The van der Waals surface area contributed by atoms with Gasteiger partial charge in [0.05, 0.1) is 5.39 Å². The van der Waals surface area contributed by atoms with E-state index >= 15 is 0 Å². The molecule has 1 saturated carbocycles. The summed E-state index contributed by atoms with van der Waals surface area (Å²) in [6.07, 6.45) is 6.17. The summed E-state index contributed by atoms with van der Waals surface area (Å²) in [5, 5.41) is 4.14. The maximum Gasteiger partial charge on any atom is 0.193 e. The van der Waals surface area contributed by atoms with Crippen LogP contribution in [0.5, 0.6) is 0 Å². The van der Waals surface area contributed by atoms with Crippen molar-refractivity contribution in [3.63, 3.8) is 0 Å². The minimum absolute atomic E-state index is 0.000747. The van der Waals surface area contributed by atoms with Crippen LogP contribution in [0.25, 0.3) is 16.7 Å². The van der Waals surface area contributed by atoms with Gasteiger partial charge in [0, 0.05) is 29.1 Å². The van der Waals surface area contributed by atoms with E-state index < -0.39 is 0 Å². The van der Waals surface area contributed by atoms with Crippen molar-refractivity contribution in [3.8, 4) is 5.69 Å². The molecule has 156 valence electrons. The smallest absolute Gasteiger partial charge is 0.193 e. The zero-order chi connectivity index (χ0) is 21.2. The van der Waals surface area contributed by atoms with Gasteiger partial charge in [0.15, 0.2) is 11.1 Å². The number of pyridine rings is 2. The van der Waals surface area contributed by atoms with Crippen LogP contribution in [0, 0.1) is 6.92 Å². The number of anilines is 2. The number of hydrogen-bond acceptors (Lipinski definition) is 3. The second kappa shape index (κ2) is 8.38. The zero-order valence-electron chi connectivity index (χ0n) is 17.8. The molecule has 1 aliphatic rings. The van der Waals surface area contributed by atoms with Crippen molar-refractivity contribution in [2.45, 2.75) is 44.9 Å². The summed E-state index contributed by atoms with van der Waals surface area (Å²) in [5.74, 6) is 1.20. The first-order valence-corrected chi connectivity index (χ1v) is 11.2. The van der Waals surface area contributed by atoms with Gasteiger partial charge in [-0.05, 0) is 55.7 Å². The Bertz CT molecular complexity index is 1260. The number of fused-ring (bicyclic) bond motifs is 1. The fraction of sp³-hybridized carbons (Fsp3) is 0.259. The second-order valence-electron chi connectivity index (χ2n) is 8.45. The topological polar surface area (TPSA) is 46.9 Å². The molecular formula is C27H27N3O. The Balaban J connectivity index is 1.77. The maximum atomic E-state index is 13.2. The number of rotatable bonds is 4. The van der Waals surface area contributed by atoms with E-state index in [9.17, 15) is 4.79 Å². The molecule has 2 heterocycles. The third-order valence-corrected chi connectivity index (χ3v) is 6.27. The molecule has 4 nitrogen and oxygen atoms in total. The van der Waals surface area contributed by atoms with E-state index in [1.165, 1.54) is 32.1 Å². The molecule has 1 aliphatic carbocycles. The average Bonchev–Trinajstić information content (AvgIpc) is 2.80. The Kier molecular flexibility index (Phi) is 5.29. The van der Waals surface area contributed by atoms with Gasteiger partial charge in [-0.3, -0.25) is 9.36 Å². The summed E-state index contributed by atoms with van der Waals surface area (Å²) >= 11 is 0.